The average molecular weight is 261 g/mol. The lowest BCUT2D eigenvalue weighted by Gasteiger charge is -2.33. The van der Waals surface area contributed by atoms with Crippen molar-refractivity contribution in [2.45, 2.75) is 52.5 Å². The summed E-state index contributed by atoms with van der Waals surface area (Å²) in [6.45, 7) is 7.45. The van der Waals surface area contributed by atoms with E-state index in [1.807, 2.05) is 13.0 Å². The minimum atomic E-state index is 0.600. The van der Waals surface area contributed by atoms with Crippen molar-refractivity contribution in [2.24, 2.45) is 11.8 Å². The van der Waals surface area contributed by atoms with Crippen LogP contribution in [0.1, 0.15) is 46.5 Å². The first-order valence-electron chi connectivity index (χ1n) is 7.69. The van der Waals surface area contributed by atoms with Gasteiger partial charge in [0, 0.05) is 6.04 Å². The normalized spacial score (nSPS) is 23.4. The first kappa shape index (κ1) is 14.2. The van der Waals surface area contributed by atoms with Crippen LogP contribution in [-0.2, 0) is 0 Å². The van der Waals surface area contributed by atoms with Gasteiger partial charge in [-0.15, -0.1) is 0 Å². The van der Waals surface area contributed by atoms with E-state index in [9.17, 15) is 0 Å². The van der Waals surface area contributed by atoms with Gasteiger partial charge in [-0.05, 0) is 43.7 Å². The summed E-state index contributed by atoms with van der Waals surface area (Å²) in [6, 6.07) is 8.89. The summed E-state index contributed by atoms with van der Waals surface area (Å²) >= 11 is 0. The van der Waals surface area contributed by atoms with Crippen molar-refractivity contribution in [3.8, 4) is 5.75 Å². The third kappa shape index (κ3) is 3.89. The molecule has 0 amide bonds. The quantitative estimate of drug-likeness (QED) is 0.828. The van der Waals surface area contributed by atoms with Gasteiger partial charge in [0.1, 0.15) is 5.75 Å². The second-order valence-corrected chi connectivity index (χ2v) is 5.94. The largest absolute Gasteiger partial charge is 0.492 e. The fourth-order valence-electron chi connectivity index (χ4n) is 3.05. The van der Waals surface area contributed by atoms with Gasteiger partial charge < -0.3 is 10.1 Å². The summed E-state index contributed by atoms with van der Waals surface area (Å²) in [5.41, 5.74) is 1.15. The highest BCUT2D eigenvalue weighted by Gasteiger charge is 2.24. The molecule has 106 valence electrons. The molecule has 2 atom stereocenters. The van der Waals surface area contributed by atoms with E-state index in [0.717, 1.165) is 29.9 Å². The lowest BCUT2D eigenvalue weighted by Crippen LogP contribution is -2.29. The van der Waals surface area contributed by atoms with Crippen molar-refractivity contribution in [3.05, 3.63) is 24.3 Å². The van der Waals surface area contributed by atoms with Gasteiger partial charge >= 0.3 is 0 Å². The van der Waals surface area contributed by atoms with E-state index in [1.165, 1.54) is 25.7 Å². The Morgan fingerprint density at radius 1 is 1.26 bits per heavy atom. The fourth-order valence-corrected chi connectivity index (χ4v) is 3.05. The molecule has 0 radical (unpaired) electrons. The molecule has 2 rings (SSSR count). The predicted octanol–water partition coefficient (Wildman–Crippen LogP) is 4.71. The zero-order valence-electron chi connectivity index (χ0n) is 12.5. The van der Waals surface area contributed by atoms with Crippen LogP contribution in [0.3, 0.4) is 0 Å². The monoisotopic (exact) mass is 261 g/mol. The van der Waals surface area contributed by atoms with Crippen LogP contribution in [-0.4, -0.2) is 12.6 Å². The van der Waals surface area contributed by atoms with Gasteiger partial charge in [-0.3, -0.25) is 0 Å². The molecule has 1 saturated carbocycles. The first-order valence-corrected chi connectivity index (χ1v) is 7.69. The summed E-state index contributed by atoms with van der Waals surface area (Å²) in [5, 5.41) is 3.69. The van der Waals surface area contributed by atoms with Crippen molar-refractivity contribution in [3.63, 3.8) is 0 Å². The van der Waals surface area contributed by atoms with Crippen molar-refractivity contribution in [1.82, 2.24) is 0 Å². The summed E-state index contributed by atoms with van der Waals surface area (Å²) in [4.78, 5) is 0. The lowest BCUT2D eigenvalue weighted by atomic mass is 9.79. The maximum Gasteiger partial charge on any atom is 0.142 e. The number of rotatable bonds is 5. The van der Waals surface area contributed by atoms with E-state index in [4.69, 9.17) is 4.74 Å². The second kappa shape index (κ2) is 6.83. The highest BCUT2D eigenvalue weighted by Crippen LogP contribution is 2.33. The molecule has 0 heterocycles. The smallest absolute Gasteiger partial charge is 0.142 e. The number of hydrogen-bond acceptors (Lipinski definition) is 2. The number of hydrogen-bond donors (Lipinski definition) is 1. The number of benzene rings is 1. The topological polar surface area (TPSA) is 21.3 Å². The summed E-state index contributed by atoms with van der Waals surface area (Å²) in [6.07, 6.45) is 5.31. The molecule has 0 bridgehead atoms. The van der Waals surface area contributed by atoms with E-state index in [2.05, 4.69) is 37.4 Å². The van der Waals surface area contributed by atoms with Crippen molar-refractivity contribution >= 4 is 5.69 Å². The molecule has 1 aromatic carbocycles. The third-order valence-corrected chi connectivity index (χ3v) is 4.20. The average Bonchev–Trinajstić information content (AvgIpc) is 2.41. The van der Waals surface area contributed by atoms with Gasteiger partial charge in [-0.1, -0.05) is 38.8 Å². The van der Waals surface area contributed by atoms with Crippen LogP contribution in [0.25, 0.3) is 0 Å². The van der Waals surface area contributed by atoms with Crippen LogP contribution in [0.5, 0.6) is 5.75 Å². The molecule has 0 aliphatic heterocycles. The predicted molar refractivity (Wildman–Crippen MR) is 81.8 cm³/mol. The third-order valence-electron chi connectivity index (χ3n) is 4.20. The van der Waals surface area contributed by atoms with E-state index in [-0.39, 0.29) is 0 Å². The Hall–Kier alpha value is -1.18. The number of anilines is 1. The van der Waals surface area contributed by atoms with Gasteiger partial charge in [-0.25, -0.2) is 0 Å². The Labute approximate surface area is 117 Å². The van der Waals surface area contributed by atoms with Crippen LogP contribution in [0, 0.1) is 11.8 Å². The van der Waals surface area contributed by atoms with Gasteiger partial charge in [-0.2, -0.15) is 0 Å². The minimum absolute atomic E-state index is 0.600. The molecule has 2 heteroatoms. The molecule has 1 fully saturated rings. The van der Waals surface area contributed by atoms with Crippen molar-refractivity contribution in [2.75, 3.05) is 11.9 Å². The Morgan fingerprint density at radius 3 is 2.79 bits per heavy atom. The standard InChI is InChI=1S/C17H27NO/c1-4-19-17-11-6-5-10-16(17)18-15-9-7-8-14(12-15)13(2)3/h5-6,10-11,13-15,18H,4,7-9,12H2,1-3H3. The molecule has 1 N–H and O–H groups in total. The van der Waals surface area contributed by atoms with Crippen molar-refractivity contribution in [1.29, 1.82) is 0 Å². The Morgan fingerprint density at radius 2 is 2.05 bits per heavy atom. The highest BCUT2D eigenvalue weighted by molar-refractivity contribution is 5.56. The molecule has 2 unspecified atom stereocenters. The molecule has 1 aromatic rings. The zero-order valence-corrected chi connectivity index (χ0v) is 12.5. The fraction of sp³-hybridized carbons (Fsp3) is 0.647. The Bertz CT molecular complexity index is 389. The van der Waals surface area contributed by atoms with Gasteiger partial charge in [0.05, 0.1) is 12.3 Å². The molecule has 0 saturated heterocycles. The van der Waals surface area contributed by atoms with Crippen LogP contribution in [0.15, 0.2) is 24.3 Å². The van der Waals surface area contributed by atoms with E-state index in [0.29, 0.717) is 6.04 Å². The maximum absolute atomic E-state index is 5.69. The Kier molecular flexibility index (Phi) is 5.12. The minimum Gasteiger partial charge on any atom is -0.492 e. The molecule has 19 heavy (non-hydrogen) atoms. The van der Waals surface area contributed by atoms with Crippen LogP contribution < -0.4 is 10.1 Å². The Balaban J connectivity index is 2.00. The summed E-state index contributed by atoms with van der Waals surface area (Å²) < 4.78 is 5.69. The van der Waals surface area contributed by atoms with Crippen molar-refractivity contribution < 1.29 is 4.74 Å². The van der Waals surface area contributed by atoms with Gasteiger partial charge in [0.25, 0.3) is 0 Å². The van der Waals surface area contributed by atoms with Crippen LogP contribution in [0.2, 0.25) is 0 Å². The number of ether oxygens (including phenoxy) is 1. The maximum atomic E-state index is 5.69. The summed E-state index contributed by atoms with van der Waals surface area (Å²) in [5.74, 6) is 2.65. The van der Waals surface area contributed by atoms with Crippen LogP contribution >= 0.6 is 0 Å². The molecule has 1 aliphatic carbocycles. The zero-order chi connectivity index (χ0) is 13.7. The number of para-hydroxylation sites is 2. The number of nitrogens with one attached hydrogen (secondary N) is 1. The van der Waals surface area contributed by atoms with Gasteiger partial charge in [0.2, 0.25) is 0 Å². The summed E-state index contributed by atoms with van der Waals surface area (Å²) in [7, 11) is 0. The van der Waals surface area contributed by atoms with E-state index >= 15 is 0 Å². The second-order valence-electron chi connectivity index (χ2n) is 5.94. The van der Waals surface area contributed by atoms with E-state index < -0.39 is 0 Å². The molecule has 1 aliphatic rings. The molecule has 0 spiro atoms. The lowest BCUT2D eigenvalue weighted by molar-refractivity contribution is 0.263. The van der Waals surface area contributed by atoms with E-state index in [1.54, 1.807) is 0 Å². The molecular weight excluding hydrogens is 234 g/mol. The van der Waals surface area contributed by atoms with Crippen LogP contribution in [0.4, 0.5) is 5.69 Å². The molecule has 0 aromatic heterocycles. The highest BCUT2D eigenvalue weighted by atomic mass is 16.5. The first-order chi connectivity index (χ1) is 9.20. The SMILES string of the molecule is CCOc1ccccc1NC1CCCC(C(C)C)C1. The molecular formula is C17H27NO. The molecule has 2 nitrogen and oxygen atoms in total. The van der Waals surface area contributed by atoms with Gasteiger partial charge in [0.15, 0.2) is 0 Å².